The molecular weight excluding hydrogens is 689 g/mol. The van der Waals surface area contributed by atoms with Gasteiger partial charge in [-0.2, -0.15) is 0 Å². The summed E-state index contributed by atoms with van der Waals surface area (Å²) in [6, 6.07) is 62.5. The molecular formula is C56H40O. The van der Waals surface area contributed by atoms with Gasteiger partial charge in [-0.25, -0.2) is 0 Å². The van der Waals surface area contributed by atoms with Crippen molar-refractivity contribution in [3.8, 4) is 55.6 Å². The van der Waals surface area contributed by atoms with Gasteiger partial charge in [-0.15, -0.1) is 0 Å². The van der Waals surface area contributed by atoms with Crippen LogP contribution in [-0.2, 0) is 10.8 Å². The standard InChI is InChI=1S/C56H40O/c1-55(2)44-29-16-15-26-41(44)48-49-43-28-17-27-36(33-18-7-5-8-19-33)53(43)57-54(49)50-42-31-30-35(32-45(42)56(3,4)52(50)51(48)55)47-39-24-13-11-22-37(39)46(34-20-9-6-10-21-34)38-23-12-14-25-40(38)47/h5-32H,1-4H3. The Hall–Kier alpha value is -6.70. The van der Waals surface area contributed by atoms with Gasteiger partial charge in [0.15, 0.2) is 0 Å². The molecule has 0 N–H and O–H groups in total. The quantitative estimate of drug-likeness (QED) is 0.165. The average Bonchev–Trinajstić information content (AvgIpc) is 3.83. The highest BCUT2D eigenvalue weighted by molar-refractivity contribution is 6.24. The third kappa shape index (κ3) is 4.24. The van der Waals surface area contributed by atoms with Gasteiger partial charge in [-0.05, 0) is 94.4 Å². The average molecular weight is 729 g/mol. The summed E-state index contributed by atoms with van der Waals surface area (Å²) in [4.78, 5) is 0. The fourth-order valence-electron chi connectivity index (χ4n) is 11.0. The van der Waals surface area contributed by atoms with E-state index in [9.17, 15) is 0 Å². The van der Waals surface area contributed by atoms with E-state index in [-0.39, 0.29) is 10.8 Å². The van der Waals surface area contributed by atoms with E-state index in [1.165, 1.54) is 105 Å². The van der Waals surface area contributed by atoms with Gasteiger partial charge in [-0.3, -0.25) is 0 Å². The van der Waals surface area contributed by atoms with Gasteiger partial charge in [0.1, 0.15) is 11.2 Å². The van der Waals surface area contributed by atoms with Crippen LogP contribution in [0.1, 0.15) is 49.9 Å². The van der Waals surface area contributed by atoms with Crippen LogP contribution in [0.3, 0.4) is 0 Å². The normalized spacial score (nSPS) is 14.6. The molecule has 2 aliphatic rings. The first kappa shape index (κ1) is 32.5. The van der Waals surface area contributed by atoms with E-state index >= 15 is 0 Å². The Morgan fingerprint density at radius 2 is 0.825 bits per heavy atom. The van der Waals surface area contributed by atoms with Crippen LogP contribution in [-0.4, -0.2) is 0 Å². The summed E-state index contributed by atoms with van der Waals surface area (Å²) in [7, 11) is 0. The van der Waals surface area contributed by atoms with E-state index in [1.54, 1.807) is 0 Å². The Morgan fingerprint density at radius 3 is 1.49 bits per heavy atom. The van der Waals surface area contributed by atoms with Crippen LogP contribution in [0.25, 0.3) is 99.1 Å². The molecule has 1 aromatic heterocycles. The highest BCUT2D eigenvalue weighted by Gasteiger charge is 2.48. The summed E-state index contributed by atoms with van der Waals surface area (Å²) in [5.74, 6) is 0. The summed E-state index contributed by atoms with van der Waals surface area (Å²) in [6.07, 6.45) is 0. The second kappa shape index (κ2) is 11.4. The number of hydrogen-bond donors (Lipinski definition) is 0. The van der Waals surface area contributed by atoms with E-state index < -0.39 is 0 Å². The van der Waals surface area contributed by atoms with Crippen molar-refractivity contribution in [3.63, 3.8) is 0 Å². The Balaban J connectivity index is 1.18. The topological polar surface area (TPSA) is 13.1 Å². The Bertz CT molecular complexity index is 3270. The Labute approximate surface area is 332 Å². The summed E-state index contributed by atoms with van der Waals surface area (Å²) < 4.78 is 7.32. The van der Waals surface area contributed by atoms with E-state index in [0.717, 1.165) is 16.7 Å². The fraction of sp³-hybridized carbons (Fsp3) is 0.107. The zero-order valence-corrected chi connectivity index (χ0v) is 32.6. The third-order valence-corrected chi connectivity index (χ3v) is 13.4. The largest absolute Gasteiger partial charge is 0.455 e. The second-order valence-corrected chi connectivity index (χ2v) is 17.1. The molecule has 0 bridgehead atoms. The number of para-hydroxylation sites is 1. The molecule has 270 valence electrons. The van der Waals surface area contributed by atoms with E-state index in [0.29, 0.717) is 0 Å². The highest BCUT2D eigenvalue weighted by atomic mass is 16.3. The molecule has 0 saturated heterocycles. The lowest BCUT2D eigenvalue weighted by atomic mass is 9.72. The maximum absolute atomic E-state index is 7.32. The lowest BCUT2D eigenvalue weighted by Crippen LogP contribution is -2.24. The Morgan fingerprint density at radius 1 is 0.333 bits per heavy atom. The van der Waals surface area contributed by atoms with Crippen molar-refractivity contribution in [1.29, 1.82) is 0 Å². The molecule has 0 amide bonds. The molecule has 10 aromatic rings. The van der Waals surface area contributed by atoms with E-state index in [1.807, 2.05) is 0 Å². The minimum absolute atomic E-state index is 0.202. The fourth-order valence-corrected chi connectivity index (χ4v) is 11.0. The molecule has 0 saturated carbocycles. The van der Waals surface area contributed by atoms with Crippen LogP contribution in [0.4, 0.5) is 0 Å². The zero-order chi connectivity index (χ0) is 38.2. The smallest absolute Gasteiger partial charge is 0.144 e. The van der Waals surface area contributed by atoms with Crippen molar-refractivity contribution >= 4 is 43.5 Å². The molecule has 12 rings (SSSR count). The molecule has 2 aliphatic carbocycles. The first-order valence-electron chi connectivity index (χ1n) is 20.2. The van der Waals surface area contributed by atoms with Gasteiger partial charge in [0.2, 0.25) is 0 Å². The van der Waals surface area contributed by atoms with Crippen molar-refractivity contribution in [3.05, 3.63) is 192 Å². The van der Waals surface area contributed by atoms with Gasteiger partial charge in [0.25, 0.3) is 0 Å². The third-order valence-electron chi connectivity index (χ3n) is 13.4. The summed E-state index contributed by atoms with van der Waals surface area (Å²) >= 11 is 0. The van der Waals surface area contributed by atoms with Crippen LogP contribution in [0, 0.1) is 0 Å². The maximum atomic E-state index is 7.32. The van der Waals surface area contributed by atoms with Gasteiger partial charge >= 0.3 is 0 Å². The van der Waals surface area contributed by atoms with Gasteiger partial charge in [-0.1, -0.05) is 191 Å². The van der Waals surface area contributed by atoms with Crippen LogP contribution >= 0.6 is 0 Å². The van der Waals surface area contributed by atoms with Crippen LogP contribution in [0.2, 0.25) is 0 Å². The molecule has 1 heteroatoms. The molecule has 0 spiro atoms. The van der Waals surface area contributed by atoms with E-state index in [4.69, 9.17) is 4.42 Å². The van der Waals surface area contributed by atoms with Crippen LogP contribution < -0.4 is 0 Å². The maximum Gasteiger partial charge on any atom is 0.144 e. The number of fused-ring (bicyclic) bond motifs is 14. The zero-order valence-electron chi connectivity index (χ0n) is 32.6. The first-order valence-corrected chi connectivity index (χ1v) is 20.2. The summed E-state index contributed by atoms with van der Waals surface area (Å²) in [6.45, 7) is 9.75. The lowest BCUT2D eigenvalue weighted by molar-refractivity contribution is 0.600. The SMILES string of the molecule is CC1(C)c2cc(-c3c4ccccc4c(-c4ccccc4)c4ccccc34)ccc2-c2c1c1c(c3c2oc2c(-c4ccccc4)cccc23)-c2ccccc2C1(C)C. The van der Waals surface area contributed by atoms with Crippen molar-refractivity contribution in [2.45, 2.75) is 38.5 Å². The van der Waals surface area contributed by atoms with Crippen LogP contribution in [0.15, 0.2) is 174 Å². The molecule has 1 heterocycles. The number of rotatable bonds is 3. The predicted octanol–water partition coefficient (Wildman–Crippen LogP) is 15.5. The van der Waals surface area contributed by atoms with Crippen LogP contribution in [0.5, 0.6) is 0 Å². The van der Waals surface area contributed by atoms with Crippen molar-refractivity contribution in [1.82, 2.24) is 0 Å². The van der Waals surface area contributed by atoms with Crippen molar-refractivity contribution in [2.24, 2.45) is 0 Å². The van der Waals surface area contributed by atoms with Gasteiger partial charge in [0.05, 0.1) is 0 Å². The molecule has 0 atom stereocenters. The molecule has 0 unspecified atom stereocenters. The minimum Gasteiger partial charge on any atom is -0.455 e. The molecule has 9 aromatic carbocycles. The van der Waals surface area contributed by atoms with E-state index in [2.05, 4.69) is 198 Å². The predicted molar refractivity (Wildman–Crippen MR) is 240 cm³/mol. The monoisotopic (exact) mass is 728 g/mol. The number of furan rings is 1. The molecule has 57 heavy (non-hydrogen) atoms. The lowest BCUT2D eigenvalue weighted by Gasteiger charge is -2.31. The summed E-state index contributed by atoms with van der Waals surface area (Å²) in [5, 5.41) is 7.50. The molecule has 0 radical (unpaired) electrons. The van der Waals surface area contributed by atoms with Gasteiger partial charge in [0, 0.05) is 32.7 Å². The minimum atomic E-state index is -0.297. The first-order chi connectivity index (χ1) is 27.8. The van der Waals surface area contributed by atoms with Crippen molar-refractivity contribution in [2.75, 3.05) is 0 Å². The second-order valence-electron chi connectivity index (χ2n) is 17.1. The number of hydrogen-bond acceptors (Lipinski definition) is 1. The molecule has 1 nitrogen and oxygen atoms in total. The molecule has 0 aliphatic heterocycles. The summed E-state index contributed by atoms with van der Waals surface area (Å²) in [5.41, 5.74) is 19.5. The Kier molecular flexibility index (Phi) is 6.53. The highest BCUT2D eigenvalue weighted by Crippen LogP contribution is 2.63. The number of benzene rings is 9. The van der Waals surface area contributed by atoms with Gasteiger partial charge < -0.3 is 4.42 Å². The molecule has 0 fully saturated rings. The van der Waals surface area contributed by atoms with Crippen molar-refractivity contribution < 1.29 is 4.42 Å².